The molecule has 0 spiro atoms. The first kappa shape index (κ1) is 22.3. The Balaban J connectivity index is 1.36. The Morgan fingerprint density at radius 3 is 2.63 bits per heavy atom. The lowest BCUT2D eigenvalue weighted by molar-refractivity contribution is 0.102. The second-order valence-electron chi connectivity index (χ2n) is 8.53. The Hall–Kier alpha value is -4.49. The monoisotopic (exact) mass is 462 g/mol. The highest BCUT2D eigenvalue weighted by molar-refractivity contribution is 6.04. The van der Waals surface area contributed by atoms with Gasteiger partial charge in [0.25, 0.3) is 5.91 Å². The number of aromatic nitrogens is 3. The Kier molecular flexibility index (Phi) is 5.99. The summed E-state index contributed by atoms with van der Waals surface area (Å²) < 4.78 is 0. The molecule has 35 heavy (non-hydrogen) atoms. The van der Waals surface area contributed by atoms with E-state index in [1.54, 1.807) is 18.3 Å². The summed E-state index contributed by atoms with van der Waals surface area (Å²) in [6.07, 6.45) is 3.69. The number of amides is 1. The molecule has 0 saturated heterocycles. The SMILES string of the molecule is Cc1ccc(NC(=O)c2ccc(C(C)N)cc2)cc1Nc1nccc(-c2c[nH]c3ccccc23)n1. The molecule has 0 bridgehead atoms. The number of aryl methyl sites for hydroxylation is 1. The zero-order valence-electron chi connectivity index (χ0n) is 19.5. The van der Waals surface area contributed by atoms with Gasteiger partial charge in [-0.05, 0) is 61.4 Å². The smallest absolute Gasteiger partial charge is 0.255 e. The molecule has 2 heterocycles. The van der Waals surface area contributed by atoms with Crippen molar-refractivity contribution >= 4 is 34.1 Å². The summed E-state index contributed by atoms with van der Waals surface area (Å²) in [7, 11) is 0. The summed E-state index contributed by atoms with van der Waals surface area (Å²) in [6, 6.07) is 22.9. The van der Waals surface area contributed by atoms with Crippen LogP contribution in [0.5, 0.6) is 0 Å². The van der Waals surface area contributed by atoms with Crippen LogP contribution < -0.4 is 16.4 Å². The minimum atomic E-state index is -0.186. The van der Waals surface area contributed by atoms with Crippen molar-refractivity contribution in [2.45, 2.75) is 19.9 Å². The van der Waals surface area contributed by atoms with Crippen LogP contribution in [0.2, 0.25) is 0 Å². The van der Waals surface area contributed by atoms with Crippen molar-refractivity contribution < 1.29 is 4.79 Å². The van der Waals surface area contributed by atoms with E-state index in [1.165, 1.54) is 0 Å². The molecule has 7 heteroatoms. The number of anilines is 3. The van der Waals surface area contributed by atoms with Crippen molar-refractivity contribution in [3.63, 3.8) is 0 Å². The maximum absolute atomic E-state index is 12.7. The van der Waals surface area contributed by atoms with E-state index < -0.39 is 0 Å². The van der Waals surface area contributed by atoms with Crippen LogP contribution in [0.25, 0.3) is 22.2 Å². The highest BCUT2D eigenvalue weighted by atomic mass is 16.1. The van der Waals surface area contributed by atoms with Gasteiger partial charge in [0, 0.05) is 51.8 Å². The molecule has 0 aliphatic rings. The third-order valence-corrected chi connectivity index (χ3v) is 5.96. The van der Waals surface area contributed by atoms with Crippen molar-refractivity contribution in [3.05, 3.63) is 102 Å². The molecule has 7 nitrogen and oxygen atoms in total. The van der Waals surface area contributed by atoms with Gasteiger partial charge in [0.05, 0.1) is 5.69 Å². The maximum atomic E-state index is 12.7. The minimum Gasteiger partial charge on any atom is -0.360 e. The quantitative estimate of drug-likeness (QED) is 0.249. The van der Waals surface area contributed by atoms with Gasteiger partial charge in [-0.1, -0.05) is 36.4 Å². The van der Waals surface area contributed by atoms with Gasteiger partial charge in [0.2, 0.25) is 5.95 Å². The van der Waals surface area contributed by atoms with Crippen molar-refractivity contribution in [1.29, 1.82) is 0 Å². The van der Waals surface area contributed by atoms with Gasteiger partial charge in [-0.3, -0.25) is 4.79 Å². The molecule has 5 aromatic rings. The number of H-pyrrole nitrogens is 1. The van der Waals surface area contributed by atoms with Crippen molar-refractivity contribution in [3.8, 4) is 11.3 Å². The number of aromatic amines is 1. The highest BCUT2D eigenvalue weighted by Gasteiger charge is 2.11. The van der Waals surface area contributed by atoms with Crippen molar-refractivity contribution in [1.82, 2.24) is 15.0 Å². The standard InChI is InChI=1S/C28H26N6O/c1-17-7-12-21(32-27(35)20-10-8-19(9-11-20)18(2)29)15-26(17)34-28-30-14-13-25(33-28)23-16-31-24-6-4-3-5-22(23)24/h3-16,18,31H,29H2,1-2H3,(H,32,35)(H,30,33,34). The number of carbonyl (C=O) groups excluding carboxylic acids is 1. The van der Waals surface area contributed by atoms with E-state index in [-0.39, 0.29) is 11.9 Å². The Morgan fingerprint density at radius 2 is 1.83 bits per heavy atom. The number of hydrogen-bond acceptors (Lipinski definition) is 5. The lowest BCUT2D eigenvalue weighted by atomic mass is 10.1. The molecular formula is C28H26N6O. The fraction of sp³-hybridized carbons (Fsp3) is 0.107. The number of carbonyl (C=O) groups is 1. The largest absolute Gasteiger partial charge is 0.360 e. The summed E-state index contributed by atoms with van der Waals surface area (Å²) in [5, 5.41) is 7.36. The number of rotatable bonds is 6. The van der Waals surface area contributed by atoms with Gasteiger partial charge in [0.1, 0.15) is 0 Å². The first-order chi connectivity index (χ1) is 17.0. The van der Waals surface area contributed by atoms with Crippen molar-refractivity contribution in [2.75, 3.05) is 10.6 Å². The molecule has 0 fully saturated rings. The topological polar surface area (TPSA) is 109 Å². The van der Waals surface area contributed by atoms with Crippen LogP contribution in [0.3, 0.4) is 0 Å². The van der Waals surface area contributed by atoms with Crippen molar-refractivity contribution in [2.24, 2.45) is 5.73 Å². The summed E-state index contributed by atoms with van der Waals surface area (Å²) >= 11 is 0. The Bertz CT molecular complexity index is 1500. The minimum absolute atomic E-state index is 0.0745. The molecular weight excluding hydrogens is 436 g/mol. The zero-order valence-corrected chi connectivity index (χ0v) is 19.5. The van der Waals surface area contributed by atoms with Gasteiger partial charge in [-0.25, -0.2) is 9.97 Å². The first-order valence-electron chi connectivity index (χ1n) is 11.4. The third-order valence-electron chi connectivity index (χ3n) is 5.96. The average molecular weight is 463 g/mol. The molecule has 3 aromatic carbocycles. The van der Waals surface area contributed by atoms with Crippen LogP contribution in [-0.2, 0) is 0 Å². The van der Waals surface area contributed by atoms with Gasteiger partial charge in [-0.2, -0.15) is 0 Å². The van der Waals surface area contributed by atoms with Crippen LogP contribution in [-0.4, -0.2) is 20.9 Å². The van der Waals surface area contributed by atoms with Gasteiger partial charge in [0.15, 0.2) is 0 Å². The van der Waals surface area contributed by atoms with E-state index in [4.69, 9.17) is 10.7 Å². The van der Waals surface area contributed by atoms with Crippen LogP contribution in [0.4, 0.5) is 17.3 Å². The molecule has 0 saturated carbocycles. The van der Waals surface area contributed by atoms with E-state index in [0.29, 0.717) is 17.2 Å². The Morgan fingerprint density at radius 1 is 1.03 bits per heavy atom. The van der Waals surface area contributed by atoms with Gasteiger partial charge in [-0.15, -0.1) is 0 Å². The summed E-state index contributed by atoms with van der Waals surface area (Å²) in [6.45, 7) is 3.90. The zero-order chi connectivity index (χ0) is 24.4. The van der Waals surface area contributed by atoms with Crippen LogP contribution in [0.15, 0.2) is 85.2 Å². The lowest BCUT2D eigenvalue weighted by Crippen LogP contribution is -2.13. The van der Waals surface area contributed by atoms with E-state index in [1.807, 2.05) is 74.6 Å². The summed E-state index contributed by atoms with van der Waals surface area (Å²) in [5.74, 6) is 0.291. The number of benzene rings is 3. The molecule has 0 aliphatic heterocycles. The molecule has 5 rings (SSSR count). The van der Waals surface area contributed by atoms with Crippen LogP contribution >= 0.6 is 0 Å². The van der Waals surface area contributed by atoms with Crippen LogP contribution in [0, 0.1) is 6.92 Å². The van der Waals surface area contributed by atoms with Crippen LogP contribution in [0.1, 0.15) is 34.5 Å². The molecule has 1 amide bonds. The first-order valence-corrected chi connectivity index (χ1v) is 11.4. The van der Waals surface area contributed by atoms with E-state index in [2.05, 4.69) is 26.7 Å². The molecule has 0 aliphatic carbocycles. The summed E-state index contributed by atoms with van der Waals surface area (Å²) in [5.41, 5.74) is 12.8. The average Bonchev–Trinajstić information content (AvgIpc) is 3.30. The normalized spacial score (nSPS) is 11.9. The fourth-order valence-electron chi connectivity index (χ4n) is 3.95. The molecule has 174 valence electrons. The number of nitrogens with two attached hydrogens (primary N) is 1. The Labute approximate surface area is 203 Å². The van der Waals surface area contributed by atoms with E-state index >= 15 is 0 Å². The molecule has 0 radical (unpaired) electrons. The van der Waals surface area contributed by atoms with Gasteiger partial charge < -0.3 is 21.4 Å². The number of para-hydroxylation sites is 1. The van der Waals surface area contributed by atoms with E-state index in [9.17, 15) is 4.79 Å². The highest BCUT2D eigenvalue weighted by Crippen LogP contribution is 2.29. The predicted molar refractivity (Wildman–Crippen MR) is 141 cm³/mol. The number of hydrogen-bond donors (Lipinski definition) is 4. The number of fused-ring (bicyclic) bond motifs is 1. The second kappa shape index (κ2) is 9.40. The molecule has 5 N–H and O–H groups in total. The number of nitrogens with one attached hydrogen (secondary N) is 3. The number of nitrogens with zero attached hydrogens (tertiary/aromatic N) is 2. The molecule has 2 aromatic heterocycles. The molecule has 1 unspecified atom stereocenters. The van der Waals surface area contributed by atoms with Gasteiger partial charge >= 0.3 is 0 Å². The predicted octanol–water partition coefficient (Wildman–Crippen LogP) is 5.95. The lowest BCUT2D eigenvalue weighted by Gasteiger charge is -2.12. The van der Waals surface area contributed by atoms with E-state index in [0.717, 1.165) is 39.0 Å². The maximum Gasteiger partial charge on any atom is 0.255 e. The summed E-state index contributed by atoms with van der Waals surface area (Å²) in [4.78, 5) is 25.1. The second-order valence-corrected chi connectivity index (χ2v) is 8.53. The third kappa shape index (κ3) is 4.76. The molecule has 1 atom stereocenters. The fourth-order valence-corrected chi connectivity index (χ4v) is 3.95.